The van der Waals surface area contributed by atoms with Crippen molar-refractivity contribution in [1.29, 1.82) is 0 Å². The van der Waals surface area contributed by atoms with E-state index in [1.165, 1.54) is 44.9 Å². The summed E-state index contributed by atoms with van der Waals surface area (Å²) < 4.78 is 11.2. The fourth-order valence-corrected chi connectivity index (χ4v) is 4.36. The molecule has 4 heteroatoms. The standard InChI is InChI=1S/C27H42O4/c1-4-5-6-7-8-9-10-11-14-19-30-26(28)24-15-12-13-16-25(24)27(29)31-23-18-17-21(2)22(3)20-23/h17-18,20,24-25H,4-16,19H2,1-3H3. The maximum absolute atomic E-state index is 12.8. The molecular weight excluding hydrogens is 388 g/mol. The van der Waals surface area contributed by atoms with Gasteiger partial charge in [-0.25, -0.2) is 0 Å². The van der Waals surface area contributed by atoms with E-state index in [0.29, 0.717) is 25.2 Å². The van der Waals surface area contributed by atoms with Gasteiger partial charge in [-0.2, -0.15) is 0 Å². The quantitative estimate of drug-likeness (QED) is 0.190. The Kier molecular flexibility index (Phi) is 11.7. The zero-order chi connectivity index (χ0) is 22.5. The summed E-state index contributed by atoms with van der Waals surface area (Å²) in [7, 11) is 0. The van der Waals surface area contributed by atoms with Gasteiger partial charge in [0.15, 0.2) is 0 Å². The van der Waals surface area contributed by atoms with Crippen molar-refractivity contribution in [2.45, 2.75) is 104 Å². The first-order valence-electron chi connectivity index (χ1n) is 12.5. The Morgan fingerprint density at radius 2 is 1.39 bits per heavy atom. The molecule has 0 bridgehead atoms. The van der Waals surface area contributed by atoms with Gasteiger partial charge in [0.2, 0.25) is 0 Å². The van der Waals surface area contributed by atoms with Gasteiger partial charge >= 0.3 is 11.9 Å². The predicted molar refractivity (Wildman–Crippen MR) is 125 cm³/mol. The highest BCUT2D eigenvalue weighted by Gasteiger charge is 2.38. The molecule has 2 unspecified atom stereocenters. The Morgan fingerprint density at radius 1 is 0.806 bits per heavy atom. The predicted octanol–water partition coefficient (Wildman–Crippen LogP) is 7.09. The minimum Gasteiger partial charge on any atom is -0.465 e. The van der Waals surface area contributed by atoms with Gasteiger partial charge in [0.05, 0.1) is 18.4 Å². The third-order valence-corrected chi connectivity index (χ3v) is 6.56. The van der Waals surface area contributed by atoms with Crippen LogP contribution in [-0.2, 0) is 14.3 Å². The second kappa shape index (κ2) is 14.3. The fraction of sp³-hybridized carbons (Fsp3) is 0.704. The Morgan fingerprint density at radius 3 is 2.00 bits per heavy atom. The molecule has 1 aliphatic rings. The first kappa shape index (κ1) is 25.4. The normalized spacial score (nSPS) is 18.5. The van der Waals surface area contributed by atoms with E-state index in [2.05, 4.69) is 6.92 Å². The Balaban J connectivity index is 1.71. The average molecular weight is 431 g/mol. The van der Waals surface area contributed by atoms with Crippen LogP contribution in [0.5, 0.6) is 5.75 Å². The van der Waals surface area contributed by atoms with Crippen molar-refractivity contribution in [3.8, 4) is 5.75 Å². The molecule has 2 atom stereocenters. The Labute approximate surface area is 189 Å². The summed E-state index contributed by atoms with van der Waals surface area (Å²) in [6.45, 7) is 6.73. The lowest BCUT2D eigenvalue weighted by atomic mass is 9.79. The van der Waals surface area contributed by atoms with Crippen LogP contribution in [0, 0.1) is 25.7 Å². The lowest BCUT2D eigenvalue weighted by molar-refractivity contribution is -0.158. The maximum Gasteiger partial charge on any atom is 0.315 e. The van der Waals surface area contributed by atoms with Crippen LogP contribution >= 0.6 is 0 Å². The van der Waals surface area contributed by atoms with Gasteiger partial charge in [0, 0.05) is 0 Å². The van der Waals surface area contributed by atoms with Crippen molar-refractivity contribution >= 4 is 11.9 Å². The van der Waals surface area contributed by atoms with E-state index in [1.807, 2.05) is 32.0 Å². The van der Waals surface area contributed by atoms with Gasteiger partial charge < -0.3 is 9.47 Å². The van der Waals surface area contributed by atoms with Crippen LogP contribution in [-0.4, -0.2) is 18.5 Å². The molecule has 0 saturated heterocycles. The number of unbranched alkanes of at least 4 members (excludes halogenated alkanes) is 8. The number of rotatable bonds is 13. The van der Waals surface area contributed by atoms with Crippen molar-refractivity contribution < 1.29 is 19.1 Å². The first-order chi connectivity index (χ1) is 15.0. The number of esters is 2. The molecule has 2 rings (SSSR count). The van der Waals surface area contributed by atoms with Crippen molar-refractivity contribution in [2.75, 3.05) is 6.61 Å². The summed E-state index contributed by atoms with van der Waals surface area (Å²) >= 11 is 0. The van der Waals surface area contributed by atoms with Gasteiger partial charge in [-0.15, -0.1) is 0 Å². The van der Waals surface area contributed by atoms with E-state index in [9.17, 15) is 9.59 Å². The number of ether oxygens (including phenoxy) is 2. The molecule has 1 aromatic carbocycles. The van der Waals surface area contributed by atoms with Gasteiger partial charge in [-0.05, 0) is 56.4 Å². The van der Waals surface area contributed by atoms with Crippen LogP contribution in [0.1, 0.15) is 102 Å². The number of carbonyl (C=O) groups excluding carboxylic acids is 2. The summed E-state index contributed by atoms with van der Waals surface area (Å²) in [4.78, 5) is 25.5. The summed E-state index contributed by atoms with van der Waals surface area (Å²) in [5, 5.41) is 0. The first-order valence-corrected chi connectivity index (χ1v) is 12.5. The molecule has 1 fully saturated rings. The largest absolute Gasteiger partial charge is 0.465 e. The summed E-state index contributed by atoms with van der Waals surface area (Å²) in [5.74, 6) is -0.730. The zero-order valence-corrected chi connectivity index (χ0v) is 19.9. The van der Waals surface area contributed by atoms with Crippen LogP contribution in [0.2, 0.25) is 0 Å². The van der Waals surface area contributed by atoms with Crippen molar-refractivity contribution in [3.63, 3.8) is 0 Å². The fourth-order valence-electron chi connectivity index (χ4n) is 4.36. The summed E-state index contributed by atoms with van der Waals surface area (Å²) in [6, 6.07) is 5.66. The molecule has 4 nitrogen and oxygen atoms in total. The SMILES string of the molecule is CCCCCCCCCCCOC(=O)C1CCCCC1C(=O)Oc1ccc(C)c(C)c1. The molecule has 0 N–H and O–H groups in total. The second-order valence-corrected chi connectivity index (χ2v) is 9.16. The van der Waals surface area contributed by atoms with Gasteiger partial charge in [-0.3, -0.25) is 9.59 Å². The minimum absolute atomic E-state index is 0.221. The molecule has 174 valence electrons. The number of hydrogen-bond acceptors (Lipinski definition) is 4. The molecule has 0 heterocycles. The highest BCUT2D eigenvalue weighted by atomic mass is 16.5. The van der Waals surface area contributed by atoms with Crippen LogP contribution in [0.25, 0.3) is 0 Å². The van der Waals surface area contributed by atoms with Gasteiger partial charge in [0.1, 0.15) is 5.75 Å². The second-order valence-electron chi connectivity index (χ2n) is 9.16. The lowest BCUT2D eigenvalue weighted by Gasteiger charge is -2.28. The molecule has 0 spiro atoms. The summed E-state index contributed by atoms with van der Waals surface area (Å²) in [5.41, 5.74) is 2.25. The highest BCUT2D eigenvalue weighted by molar-refractivity contribution is 5.83. The van der Waals surface area contributed by atoms with Crippen molar-refractivity contribution in [1.82, 2.24) is 0 Å². The Hall–Kier alpha value is -1.84. The number of aryl methyl sites for hydroxylation is 2. The van der Waals surface area contributed by atoms with Crippen LogP contribution in [0.4, 0.5) is 0 Å². The van der Waals surface area contributed by atoms with Crippen molar-refractivity contribution in [2.24, 2.45) is 11.8 Å². The summed E-state index contributed by atoms with van der Waals surface area (Å²) in [6.07, 6.45) is 14.4. The van der Waals surface area contributed by atoms with Crippen LogP contribution in [0.15, 0.2) is 18.2 Å². The third-order valence-electron chi connectivity index (χ3n) is 6.56. The molecule has 1 aliphatic carbocycles. The Bertz CT molecular complexity index is 682. The van der Waals surface area contributed by atoms with Crippen LogP contribution in [0.3, 0.4) is 0 Å². The number of benzene rings is 1. The minimum atomic E-state index is -0.397. The topological polar surface area (TPSA) is 52.6 Å². The zero-order valence-electron chi connectivity index (χ0n) is 19.9. The van der Waals surface area contributed by atoms with Crippen LogP contribution < -0.4 is 4.74 Å². The van der Waals surface area contributed by atoms with Gasteiger partial charge in [0.25, 0.3) is 0 Å². The highest BCUT2D eigenvalue weighted by Crippen LogP contribution is 2.32. The number of hydrogen-bond donors (Lipinski definition) is 0. The molecule has 0 amide bonds. The average Bonchev–Trinajstić information content (AvgIpc) is 2.77. The molecule has 1 aromatic rings. The van der Waals surface area contributed by atoms with Gasteiger partial charge in [-0.1, -0.05) is 77.2 Å². The number of carbonyl (C=O) groups is 2. The molecule has 0 radical (unpaired) electrons. The van der Waals surface area contributed by atoms with E-state index in [-0.39, 0.29) is 17.9 Å². The van der Waals surface area contributed by atoms with Crippen molar-refractivity contribution in [3.05, 3.63) is 29.3 Å². The van der Waals surface area contributed by atoms with E-state index in [1.54, 1.807) is 0 Å². The van der Waals surface area contributed by atoms with E-state index >= 15 is 0 Å². The van der Waals surface area contributed by atoms with E-state index in [0.717, 1.165) is 36.8 Å². The molecular formula is C27H42O4. The third kappa shape index (κ3) is 9.04. The maximum atomic E-state index is 12.8. The molecule has 0 aromatic heterocycles. The molecule has 0 aliphatic heterocycles. The molecule has 1 saturated carbocycles. The smallest absolute Gasteiger partial charge is 0.315 e. The van der Waals surface area contributed by atoms with E-state index < -0.39 is 5.92 Å². The van der Waals surface area contributed by atoms with E-state index in [4.69, 9.17) is 9.47 Å². The molecule has 31 heavy (non-hydrogen) atoms. The monoisotopic (exact) mass is 430 g/mol. The lowest BCUT2D eigenvalue weighted by Crippen LogP contribution is -2.36.